The minimum absolute atomic E-state index is 0.572. The fraction of sp³-hybridized carbons (Fsp3) is 0.400. The van der Waals surface area contributed by atoms with Gasteiger partial charge in [-0.2, -0.15) is 0 Å². The molecule has 0 saturated carbocycles. The molecule has 1 atom stereocenters. The zero-order valence-corrected chi connectivity index (χ0v) is 10.8. The van der Waals surface area contributed by atoms with E-state index in [4.69, 9.17) is 0 Å². The van der Waals surface area contributed by atoms with Crippen LogP contribution in [0.1, 0.15) is 29.4 Å². The Morgan fingerprint density at radius 1 is 1.33 bits per heavy atom. The second-order valence-electron chi connectivity index (χ2n) is 5.02. The van der Waals surface area contributed by atoms with Crippen molar-refractivity contribution in [2.75, 3.05) is 13.1 Å². The van der Waals surface area contributed by atoms with E-state index in [0.717, 1.165) is 19.6 Å². The fourth-order valence-corrected chi connectivity index (χ4v) is 2.65. The van der Waals surface area contributed by atoms with E-state index in [1.54, 1.807) is 0 Å². The van der Waals surface area contributed by atoms with Crippen molar-refractivity contribution >= 4 is 0 Å². The van der Waals surface area contributed by atoms with Gasteiger partial charge in [0.2, 0.25) is 0 Å². The normalized spacial score (nSPS) is 19.3. The largest absolute Gasteiger partial charge is 0.328 e. The molecular formula is C15H19N3. The standard InChI is InChI=1S/C15H19N3/c1-12-9-17-15(14-7-8-16-10-14)18(12)11-13-5-3-2-4-6-13/h2-6,9,14,16H,7-8,10-11H2,1H3/t14-/m0/s1. The first-order valence-electron chi connectivity index (χ1n) is 6.61. The second-order valence-corrected chi connectivity index (χ2v) is 5.02. The quantitative estimate of drug-likeness (QED) is 0.893. The van der Waals surface area contributed by atoms with Crippen molar-refractivity contribution in [2.45, 2.75) is 25.8 Å². The molecule has 1 N–H and O–H groups in total. The number of imidazole rings is 1. The maximum Gasteiger partial charge on any atom is 0.113 e. The van der Waals surface area contributed by atoms with Gasteiger partial charge in [0.25, 0.3) is 0 Å². The van der Waals surface area contributed by atoms with Gasteiger partial charge in [-0.25, -0.2) is 4.98 Å². The average Bonchev–Trinajstić information content (AvgIpc) is 3.02. The summed E-state index contributed by atoms with van der Waals surface area (Å²) in [5, 5.41) is 3.42. The van der Waals surface area contributed by atoms with Crippen molar-refractivity contribution in [1.29, 1.82) is 0 Å². The van der Waals surface area contributed by atoms with Crippen LogP contribution < -0.4 is 5.32 Å². The summed E-state index contributed by atoms with van der Waals surface area (Å²) in [6.07, 6.45) is 3.20. The Morgan fingerprint density at radius 3 is 2.89 bits per heavy atom. The van der Waals surface area contributed by atoms with Crippen LogP contribution in [0.25, 0.3) is 0 Å². The molecule has 1 fully saturated rings. The highest BCUT2D eigenvalue weighted by Crippen LogP contribution is 2.23. The molecule has 1 aliphatic rings. The van der Waals surface area contributed by atoms with Gasteiger partial charge in [-0.1, -0.05) is 30.3 Å². The zero-order chi connectivity index (χ0) is 12.4. The van der Waals surface area contributed by atoms with Crippen LogP contribution in [-0.2, 0) is 6.54 Å². The monoisotopic (exact) mass is 241 g/mol. The molecule has 2 heterocycles. The van der Waals surface area contributed by atoms with Crippen LogP contribution in [0, 0.1) is 6.92 Å². The van der Waals surface area contributed by atoms with E-state index in [2.05, 4.69) is 52.1 Å². The molecule has 1 aromatic carbocycles. The van der Waals surface area contributed by atoms with Crippen LogP contribution in [0.3, 0.4) is 0 Å². The molecule has 3 heteroatoms. The van der Waals surface area contributed by atoms with Crippen molar-refractivity contribution < 1.29 is 0 Å². The Labute approximate surface area is 108 Å². The summed E-state index contributed by atoms with van der Waals surface area (Å²) in [6.45, 7) is 5.24. The van der Waals surface area contributed by atoms with Crippen molar-refractivity contribution in [2.24, 2.45) is 0 Å². The summed E-state index contributed by atoms with van der Waals surface area (Å²) >= 11 is 0. The number of rotatable bonds is 3. The molecule has 0 bridgehead atoms. The predicted molar refractivity (Wildman–Crippen MR) is 72.7 cm³/mol. The van der Waals surface area contributed by atoms with E-state index in [0.29, 0.717) is 5.92 Å². The van der Waals surface area contributed by atoms with E-state index in [-0.39, 0.29) is 0 Å². The van der Waals surface area contributed by atoms with E-state index in [9.17, 15) is 0 Å². The first-order chi connectivity index (χ1) is 8.84. The van der Waals surface area contributed by atoms with Crippen LogP contribution in [0.15, 0.2) is 36.5 Å². The molecule has 0 radical (unpaired) electrons. The number of nitrogens with zero attached hydrogens (tertiary/aromatic N) is 2. The van der Waals surface area contributed by atoms with E-state index in [1.807, 2.05) is 6.20 Å². The molecular weight excluding hydrogens is 222 g/mol. The average molecular weight is 241 g/mol. The molecule has 0 spiro atoms. The fourth-order valence-electron chi connectivity index (χ4n) is 2.65. The molecule has 94 valence electrons. The molecule has 0 unspecified atom stereocenters. The van der Waals surface area contributed by atoms with Gasteiger partial charge >= 0.3 is 0 Å². The summed E-state index contributed by atoms with van der Waals surface area (Å²) < 4.78 is 2.35. The lowest BCUT2D eigenvalue weighted by atomic mass is 10.1. The van der Waals surface area contributed by atoms with Gasteiger partial charge in [-0.3, -0.25) is 0 Å². The lowest BCUT2D eigenvalue weighted by Gasteiger charge is -2.14. The van der Waals surface area contributed by atoms with Crippen LogP contribution in [0.4, 0.5) is 0 Å². The van der Waals surface area contributed by atoms with Crippen molar-refractivity contribution in [3.05, 3.63) is 53.6 Å². The highest BCUT2D eigenvalue weighted by Gasteiger charge is 2.22. The number of aryl methyl sites for hydroxylation is 1. The molecule has 1 aliphatic heterocycles. The third kappa shape index (κ3) is 2.18. The maximum atomic E-state index is 4.62. The topological polar surface area (TPSA) is 29.9 Å². The number of hydrogen-bond acceptors (Lipinski definition) is 2. The van der Waals surface area contributed by atoms with E-state index in [1.165, 1.54) is 23.5 Å². The Bertz CT molecular complexity index is 510. The summed E-state index contributed by atoms with van der Waals surface area (Å²) in [5.74, 6) is 1.81. The number of benzene rings is 1. The van der Waals surface area contributed by atoms with Gasteiger partial charge < -0.3 is 9.88 Å². The molecule has 0 aliphatic carbocycles. The smallest absolute Gasteiger partial charge is 0.113 e. The molecule has 0 amide bonds. The Balaban J connectivity index is 1.88. The molecule has 1 aromatic heterocycles. The first-order valence-corrected chi connectivity index (χ1v) is 6.61. The van der Waals surface area contributed by atoms with Crippen LogP contribution in [0.5, 0.6) is 0 Å². The van der Waals surface area contributed by atoms with E-state index >= 15 is 0 Å². The van der Waals surface area contributed by atoms with Crippen LogP contribution >= 0.6 is 0 Å². The van der Waals surface area contributed by atoms with Gasteiger partial charge in [0, 0.05) is 30.9 Å². The van der Waals surface area contributed by atoms with Crippen molar-refractivity contribution in [1.82, 2.24) is 14.9 Å². The Hall–Kier alpha value is -1.61. The van der Waals surface area contributed by atoms with Gasteiger partial charge in [0.1, 0.15) is 5.82 Å². The first kappa shape index (κ1) is 11.5. The number of nitrogens with one attached hydrogen (secondary N) is 1. The Kier molecular flexibility index (Phi) is 3.15. The molecule has 1 saturated heterocycles. The summed E-state index contributed by atoms with van der Waals surface area (Å²) in [6, 6.07) is 10.6. The minimum Gasteiger partial charge on any atom is -0.328 e. The molecule has 3 rings (SSSR count). The van der Waals surface area contributed by atoms with Crippen molar-refractivity contribution in [3.8, 4) is 0 Å². The van der Waals surface area contributed by atoms with Crippen LogP contribution in [0.2, 0.25) is 0 Å². The highest BCUT2D eigenvalue weighted by atomic mass is 15.1. The third-order valence-corrected chi connectivity index (χ3v) is 3.69. The molecule has 18 heavy (non-hydrogen) atoms. The van der Waals surface area contributed by atoms with Gasteiger partial charge in [0.05, 0.1) is 0 Å². The predicted octanol–water partition coefficient (Wildman–Crippen LogP) is 2.32. The summed E-state index contributed by atoms with van der Waals surface area (Å²) in [4.78, 5) is 4.62. The SMILES string of the molecule is Cc1cnc([C@H]2CCNC2)n1Cc1ccccc1. The lowest BCUT2D eigenvalue weighted by molar-refractivity contribution is 0.624. The summed E-state index contributed by atoms with van der Waals surface area (Å²) in [7, 11) is 0. The van der Waals surface area contributed by atoms with Gasteiger partial charge in [-0.05, 0) is 25.5 Å². The minimum atomic E-state index is 0.572. The zero-order valence-electron chi connectivity index (χ0n) is 10.8. The summed E-state index contributed by atoms with van der Waals surface area (Å²) in [5.41, 5.74) is 2.59. The molecule has 2 aromatic rings. The third-order valence-electron chi connectivity index (χ3n) is 3.69. The van der Waals surface area contributed by atoms with E-state index < -0.39 is 0 Å². The van der Waals surface area contributed by atoms with Gasteiger partial charge in [0.15, 0.2) is 0 Å². The lowest BCUT2D eigenvalue weighted by Crippen LogP contribution is -2.14. The number of hydrogen-bond donors (Lipinski definition) is 1. The maximum absolute atomic E-state index is 4.62. The molecule has 3 nitrogen and oxygen atoms in total. The second kappa shape index (κ2) is 4.94. The van der Waals surface area contributed by atoms with Crippen LogP contribution in [-0.4, -0.2) is 22.6 Å². The Morgan fingerprint density at radius 2 is 2.17 bits per heavy atom. The number of aromatic nitrogens is 2. The van der Waals surface area contributed by atoms with Gasteiger partial charge in [-0.15, -0.1) is 0 Å². The highest BCUT2D eigenvalue weighted by molar-refractivity contribution is 5.19. The van der Waals surface area contributed by atoms with Crippen molar-refractivity contribution in [3.63, 3.8) is 0 Å².